The number of thioether (sulfide) groups is 1. The molecule has 2 aromatic rings. The summed E-state index contributed by atoms with van der Waals surface area (Å²) in [6, 6.07) is 14.0. The molecule has 136 valence electrons. The number of methoxy groups -OCH3 is 1. The number of carbonyl (C=O) groups is 1. The number of benzene rings is 2. The third-order valence-electron chi connectivity index (χ3n) is 4.30. The van der Waals surface area contributed by atoms with Crippen LogP contribution in [-0.2, 0) is 4.79 Å². The number of amides is 1. The Morgan fingerprint density at radius 3 is 2.42 bits per heavy atom. The van der Waals surface area contributed by atoms with Crippen molar-refractivity contribution in [3.8, 4) is 5.75 Å². The van der Waals surface area contributed by atoms with Crippen LogP contribution in [0.3, 0.4) is 0 Å². The number of rotatable bonds is 8. The second-order valence-corrected chi connectivity index (χ2v) is 7.24. The molecule has 26 heavy (non-hydrogen) atoms. The van der Waals surface area contributed by atoms with E-state index in [2.05, 4.69) is 5.32 Å². The van der Waals surface area contributed by atoms with Crippen molar-refractivity contribution in [1.82, 2.24) is 5.32 Å². The average molecular weight is 372 g/mol. The van der Waals surface area contributed by atoms with Crippen LogP contribution < -0.4 is 10.1 Å². The molecular weight excluding hydrogens is 352 g/mol. The molecule has 1 amide bonds. The average Bonchev–Trinajstić information content (AvgIpc) is 3.50. The molecule has 0 saturated heterocycles. The van der Waals surface area contributed by atoms with E-state index in [9.17, 15) is 14.9 Å². The van der Waals surface area contributed by atoms with Gasteiger partial charge in [-0.1, -0.05) is 12.1 Å². The van der Waals surface area contributed by atoms with Crippen LogP contribution in [0.4, 0.5) is 5.69 Å². The fraction of sp³-hybridized carbons (Fsp3) is 0.316. The third kappa shape index (κ3) is 4.76. The Kier molecular flexibility index (Phi) is 5.78. The van der Waals surface area contributed by atoms with E-state index in [0.717, 1.165) is 29.1 Å². The summed E-state index contributed by atoms with van der Waals surface area (Å²) in [6.07, 6.45) is 2.24. The van der Waals surface area contributed by atoms with Gasteiger partial charge in [-0.3, -0.25) is 14.9 Å². The summed E-state index contributed by atoms with van der Waals surface area (Å²) >= 11 is 1.37. The zero-order valence-electron chi connectivity index (χ0n) is 14.4. The van der Waals surface area contributed by atoms with Crippen molar-refractivity contribution in [1.29, 1.82) is 0 Å². The number of carbonyl (C=O) groups excluding carboxylic acids is 1. The fourth-order valence-electron chi connectivity index (χ4n) is 2.74. The number of nitrogens with zero attached hydrogens (tertiary/aromatic N) is 1. The van der Waals surface area contributed by atoms with Gasteiger partial charge in [0.15, 0.2) is 0 Å². The lowest BCUT2D eigenvalue weighted by molar-refractivity contribution is -0.384. The molecule has 1 saturated carbocycles. The third-order valence-corrected chi connectivity index (χ3v) is 5.31. The Bertz CT molecular complexity index is 773. The summed E-state index contributed by atoms with van der Waals surface area (Å²) in [5.74, 6) is 1.51. The first-order chi connectivity index (χ1) is 12.6. The normalized spacial score (nSPS) is 14.5. The first-order valence-corrected chi connectivity index (χ1v) is 9.36. The molecule has 3 rings (SSSR count). The van der Waals surface area contributed by atoms with Gasteiger partial charge in [-0.2, -0.15) is 0 Å². The van der Waals surface area contributed by atoms with Crippen molar-refractivity contribution in [2.45, 2.75) is 23.8 Å². The van der Waals surface area contributed by atoms with E-state index in [1.54, 1.807) is 19.2 Å². The van der Waals surface area contributed by atoms with Crippen LogP contribution >= 0.6 is 11.8 Å². The molecule has 2 aromatic carbocycles. The number of nitrogens with one attached hydrogen (secondary N) is 1. The number of nitro groups is 1. The predicted octanol–water partition coefficient (Wildman–Crippen LogP) is 3.96. The predicted molar refractivity (Wildman–Crippen MR) is 100 cm³/mol. The molecule has 0 aromatic heterocycles. The van der Waals surface area contributed by atoms with Gasteiger partial charge >= 0.3 is 0 Å². The highest BCUT2D eigenvalue weighted by atomic mass is 32.2. The quantitative estimate of drug-likeness (QED) is 0.431. The maximum atomic E-state index is 12.4. The van der Waals surface area contributed by atoms with Gasteiger partial charge in [0, 0.05) is 17.0 Å². The number of ether oxygens (including phenoxy) is 1. The van der Waals surface area contributed by atoms with Crippen molar-refractivity contribution in [2.24, 2.45) is 5.92 Å². The van der Waals surface area contributed by atoms with Gasteiger partial charge in [0.2, 0.25) is 5.91 Å². The van der Waals surface area contributed by atoms with Crippen LogP contribution in [0, 0.1) is 16.0 Å². The molecular formula is C19H20N2O4S. The standard InChI is InChI=1S/C19H20N2O4S/c1-25-16-8-4-14(5-9-16)19(13-2-3-13)20-18(22)12-26-17-10-6-15(7-11-17)21(23)24/h4-11,13,19H,2-3,12H2,1H3,(H,20,22). The minimum atomic E-state index is -0.434. The smallest absolute Gasteiger partial charge is 0.269 e. The molecule has 0 spiro atoms. The SMILES string of the molecule is COc1ccc(C(NC(=O)CSc2ccc([N+](=O)[O-])cc2)C2CC2)cc1. The number of hydrogen-bond donors (Lipinski definition) is 1. The van der Waals surface area contributed by atoms with E-state index in [0.29, 0.717) is 5.92 Å². The molecule has 1 aliphatic carbocycles. The van der Waals surface area contributed by atoms with Crippen molar-refractivity contribution in [3.05, 3.63) is 64.2 Å². The van der Waals surface area contributed by atoms with Crippen molar-refractivity contribution in [2.75, 3.05) is 12.9 Å². The van der Waals surface area contributed by atoms with Gasteiger partial charge in [0.1, 0.15) is 5.75 Å². The molecule has 6 nitrogen and oxygen atoms in total. The Hall–Kier alpha value is -2.54. The van der Waals surface area contributed by atoms with Gasteiger partial charge in [-0.05, 0) is 48.6 Å². The van der Waals surface area contributed by atoms with Crippen molar-refractivity contribution in [3.63, 3.8) is 0 Å². The second-order valence-electron chi connectivity index (χ2n) is 6.20. The Balaban J connectivity index is 1.57. The van der Waals surface area contributed by atoms with Crippen LogP contribution in [-0.4, -0.2) is 23.7 Å². The zero-order valence-corrected chi connectivity index (χ0v) is 15.2. The number of nitro benzene ring substituents is 1. The highest BCUT2D eigenvalue weighted by Gasteiger charge is 2.33. The monoisotopic (exact) mass is 372 g/mol. The maximum absolute atomic E-state index is 12.4. The molecule has 0 heterocycles. The van der Waals surface area contributed by atoms with E-state index in [1.165, 1.54) is 23.9 Å². The van der Waals surface area contributed by atoms with E-state index in [1.807, 2.05) is 24.3 Å². The number of hydrogen-bond acceptors (Lipinski definition) is 5. The van der Waals surface area contributed by atoms with Gasteiger partial charge in [0.25, 0.3) is 5.69 Å². The zero-order chi connectivity index (χ0) is 18.5. The topological polar surface area (TPSA) is 81.5 Å². The van der Waals surface area contributed by atoms with Crippen molar-refractivity contribution < 1.29 is 14.5 Å². The van der Waals surface area contributed by atoms with Gasteiger partial charge in [0.05, 0.1) is 23.8 Å². The van der Waals surface area contributed by atoms with Crippen LogP contribution in [0.25, 0.3) is 0 Å². The second kappa shape index (κ2) is 8.23. The van der Waals surface area contributed by atoms with Gasteiger partial charge in [-0.15, -0.1) is 11.8 Å². The molecule has 1 unspecified atom stereocenters. The Morgan fingerprint density at radius 2 is 1.88 bits per heavy atom. The van der Waals surface area contributed by atoms with Gasteiger partial charge < -0.3 is 10.1 Å². The summed E-state index contributed by atoms with van der Waals surface area (Å²) < 4.78 is 5.18. The molecule has 1 N–H and O–H groups in total. The van der Waals surface area contributed by atoms with Gasteiger partial charge in [-0.25, -0.2) is 0 Å². The summed E-state index contributed by atoms with van der Waals surface area (Å²) in [5.41, 5.74) is 1.13. The minimum absolute atomic E-state index is 0.0193. The summed E-state index contributed by atoms with van der Waals surface area (Å²) in [6.45, 7) is 0. The van der Waals surface area contributed by atoms with Crippen LogP contribution in [0.15, 0.2) is 53.4 Å². The first-order valence-electron chi connectivity index (χ1n) is 8.37. The molecule has 0 aliphatic heterocycles. The lowest BCUT2D eigenvalue weighted by Gasteiger charge is -2.19. The lowest BCUT2D eigenvalue weighted by Crippen LogP contribution is -2.31. The van der Waals surface area contributed by atoms with E-state index in [4.69, 9.17) is 4.74 Å². The largest absolute Gasteiger partial charge is 0.497 e. The molecule has 0 radical (unpaired) electrons. The molecule has 1 fully saturated rings. The highest BCUT2D eigenvalue weighted by molar-refractivity contribution is 8.00. The molecule has 0 bridgehead atoms. The Labute approximate surface area is 156 Å². The van der Waals surface area contributed by atoms with E-state index < -0.39 is 4.92 Å². The molecule has 1 atom stereocenters. The Morgan fingerprint density at radius 1 is 1.23 bits per heavy atom. The summed E-state index contributed by atoms with van der Waals surface area (Å²) in [5, 5.41) is 13.8. The maximum Gasteiger partial charge on any atom is 0.269 e. The van der Waals surface area contributed by atoms with Crippen molar-refractivity contribution >= 4 is 23.4 Å². The van der Waals surface area contributed by atoms with Crippen LogP contribution in [0.5, 0.6) is 5.75 Å². The lowest BCUT2D eigenvalue weighted by atomic mass is 10.0. The van der Waals surface area contributed by atoms with E-state index >= 15 is 0 Å². The first kappa shape index (κ1) is 18.3. The van der Waals surface area contributed by atoms with Crippen LogP contribution in [0.1, 0.15) is 24.4 Å². The highest BCUT2D eigenvalue weighted by Crippen LogP contribution is 2.41. The number of non-ortho nitro benzene ring substituents is 1. The van der Waals surface area contributed by atoms with Crippen LogP contribution in [0.2, 0.25) is 0 Å². The molecule has 1 aliphatic rings. The summed E-state index contributed by atoms with van der Waals surface area (Å²) in [7, 11) is 1.63. The summed E-state index contributed by atoms with van der Waals surface area (Å²) in [4.78, 5) is 23.4. The minimum Gasteiger partial charge on any atom is -0.497 e. The van der Waals surface area contributed by atoms with E-state index in [-0.39, 0.29) is 23.4 Å². The molecule has 7 heteroatoms. The fourth-order valence-corrected chi connectivity index (χ4v) is 3.45.